The van der Waals surface area contributed by atoms with E-state index < -0.39 is 17.0 Å². The number of fused-ring (bicyclic) bond motifs is 4. The van der Waals surface area contributed by atoms with Gasteiger partial charge in [-0.05, 0) is 124 Å². The molecule has 2 saturated heterocycles. The summed E-state index contributed by atoms with van der Waals surface area (Å²) in [6, 6.07) is 9.54. The van der Waals surface area contributed by atoms with E-state index in [2.05, 4.69) is 38.1 Å². The highest BCUT2D eigenvalue weighted by Crippen LogP contribution is 2.68. The van der Waals surface area contributed by atoms with Gasteiger partial charge in [-0.15, -0.1) is 0 Å². The smallest absolute Gasteiger partial charge is 0.171 e. The molecule has 8 atom stereocenters. The molecule has 8 rings (SSSR count). The molecular formula is C39H56O6. The van der Waals surface area contributed by atoms with Gasteiger partial charge < -0.3 is 29.2 Å². The van der Waals surface area contributed by atoms with E-state index in [4.69, 9.17) is 18.9 Å². The molecule has 2 aliphatic heterocycles. The van der Waals surface area contributed by atoms with Crippen LogP contribution < -0.4 is 0 Å². The molecule has 1 aromatic rings. The second-order valence-corrected chi connectivity index (χ2v) is 16.3. The molecule has 1 spiro atoms. The van der Waals surface area contributed by atoms with Gasteiger partial charge in [0.25, 0.3) is 0 Å². The fourth-order valence-corrected chi connectivity index (χ4v) is 11.1. The molecule has 45 heavy (non-hydrogen) atoms. The average molecular weight is 621 g/mol. The second-order valence-electron chi connectivity index (χ2n) is 16.3. The van der Waals surface area contributed by atoms with E-state index >= 15 is 0 Å². The molecule has 4 saturated carbocycles. The van der Waals surface area contributed by atoms with Gasteiger partial charge in [0, 0.05) is 37.4 Å². The molecule has 2 heterocycles. The molecule has 4 unspecified atom stereocenters. The summed E-state index contributed by atoms with van der Waals surface area (Å²) in [5.74, 6) is 1.86. The first kappa shape index (κ1) is 31.0. The quantitative estimate of drug-likeness (QED) is 0.231. The van der Waals surface area contributed by atoms with Crippen LogP contribution in [0.2, 0.25) is 0 Å². The van der Waals surface area contributed by atoms with Crippen molar-refractivity contribution in [2.24, 2.45) is 23.2 Å². The summed E-state index contributed by atoms with van der Waals surface area (Å²) >= 11 is 0. The van der Waals surface area contributed by atoms with Crippen molar-refractivity contribution in [3.05, 3.63) is 46.5 Å². The van der Waals surface area contributed by atoms with Gasteiger partial charge in [0.15, 0.2) is 12.1 Å². The van der Waals surface area contributed by atoms with Crippen molar-refractivity contribution in [1.29, 1.82) is 0 Å². The zero-order valence-corrected chi connectivity index (χ0v) is 27.7. The third-order valence-corrected chi connectivity index (χ3v) is 13.9. The van der Waals surface area contributed by atoms with E-state index in [1.165, 1.54) is 41.5 Å². The lowest BCUT2D eigenvalue weighted by Gasteiger charge is -2.57. The van der Waals surface area contributed by atoms with Gasteiger partial charge in [0.1, 0.15) is 0 Å². The molecule has 0 amide bonds. The number of ether oxygens (including phenoxy) is 4. The van der Waals surface area contributed by atoms with Crippen molar-refractivity contribution in [2.45, 2.75) is 145 Å². The number of allylic oxidation sites excluding steroid dienone is 1. The maximum absolute atomic E-state index is 12.6. The SMILES string of the molecule is CC(c1ccc([C@H]2C[C@@]3(C)C(CC[C@@]3(O)CCCOC3CCCCO3)C3CC[C@@]4(O)CC5(CCC4=C32)OCCO5)cc1)C1CC1. The zero-order valence-electron chi connectivity index (χ0n) is 27.7. The van der Waals surface area contributed by atoms with Gasteiger partial charge in [-0.3, -0.25) is 0 Å². The van der Waals surface area contributed by atoms with Crippen LogP contribution >= 0.6 is 0 Å². The summed E-state index contributed by atoms with van der Waals surface area (Å²) in [7, 11) is 0. The van der Waals surface area contributed by atoms with Crippen molar-refractivity contribution in [3.8, 4) is 0 Å². The van der Waals surface area contributed by atoms with Crippen LogP contribution in [-0.4, -0.2) is 59.9 Å². The third kappa shape index (κ3) is 5.38. The van der Waals surface area contributed by atoms with Crippen LogP contribution in [0.15, 0.2) is 35.4 Å². The van der Waals surface area contributed by atoms with Gasteiger partial charge in [-0.2, -0.15) is 0 Å². The predicted octanol–water partition coefficient (Wildman–Crippen LogP) is 7.52. The Labute approximate surface area is 270 Å². The maximum Gasteiger partial charge on any atom is 0.171 e. The Bertz CT molecular complexity index is 1260. The summed E-state index contributed by atoms with van der Waals surface area (Å²) < 4.78 is 24.2. The van der Waals surface area contributed by atoms with E-state index in [0.717, 1.165) is 83.2 Å². The molecule has 6 fully saturated rings. The maximum atomic E-state index is 12.6. The highest BCUT2D eigenvalue weighted by atomic mass is 16.7. The van der Waals surface area contributed by atoms with Crippen molar-refractivity contribution < 1.29 is 29.2 Å². The van der Waals surface area contributed by atoms with Crippen LogP contribution in [0.25, 0.3) is 0 Å². The molecule has 0 aromatic heterocycles. The number of aliphatic hydroxyl groups is 2. The third-order valence-electron chi connectivity index (χ3n) is 13.9. The molecule has 6 nitrogen and oxygen atoms in total. The average Bonchev–Trinajstić information content (AvgIpc) is 3.75. The summed E-state index contributed by atoms with van der Waals surface area (Å²) in [5.41, 5.74) is 3.83. The number of hydrogen-bond donors (Lipinski definition) is 2. The lowest BCUT2D eigenvalue weighted by atomic mass is 9.49. The van der Waals surface area contributed by atoms with Gasteiger partial charge in [0.05, 0.1) is 24.4 Å². The molecular weight excluding hydrogens is 564 g/mol. The van der Waals surface area contributed by atoms with Crippen LogP contribution in [0.3, 0.4) is 0 Å². The molecule has 5 aliphatic carbocycles. The topological polar surface area (TPSA) is 77.4 Å². The molecule has 0 bridgehead atoms. The van der Waals surface area contributed by atoms with Crippen LogP contribution in [0.1, 0.15) is 133 Å². The van der Waals surface area contributed by atoms with E-state index in [-0.39, 0.29) is 17.6 Å². The summed E-state index contributed by atoms with van der Waals surface area (Å²) in [5, 5.41) is 24.9. The second kappa shape index (κ2) is 11.7. The molecule has 2 N–H and O–H groups in total. The first-order valence-electron chi connectivity index (χ1n) is 18.5. The lowest BCUT2D eigenvalue weighted by Crippen LogP contribution is -2.55. The Balaban J connectivity index is 1.10. The predicted molar refractivity (Wildman–Crippen MR) is 173 cm³/mol. The Morgan fingerprint density at radius 3 is 2.47 bits per heavy atom. The summed E-state index contributed by atoms with van der Waals surface area (Å²) in [6.45, 7) is 7.48. The van der Waals surface area contributed by atoms with Crippen molar-refractivity contribution in [2.75, 3.05) is 26.4 Å². The summed E-state index contributed by atoms with van der Waals surface area (Å²) in [6.07, 6.45) is 14.3. The molecule has 248 valence electrons. The van der Waals surface area contributed by atoms with Gasteiger partial charge in [-0.25, -0.2) is 0 Å². The molecule has 7 aliphatic rings. The first-order valence-corrected chi connectivity index (χ1v) is 18.5. The van der Waals surface area contributed by atoms with E-state index in [1.807, 2.05) is 0 Å². The Morgan fingerprint density at radius 1 is 0.933 bits per heavy atom. The van der Waals surface area contributed by atoms with Crippen LogP contribution in [0.4, 0.5) is 0 Å². The van der Waals surface area contributed by atoms with E-state index in [0.29, 0.717) is 44.0 Å². The summed E-state index contributed by atoms with van der Waals surface area (Å²) in [4.78, 5) is 0. The van der Waals surface area contributed by atoms with Gasteiger partial charge in [-0.1, -0.05) is 43.7 Å². The minimum atomic E-state index is -0.867. The van der Waals surface area contributed by atoms with E-state index in [1.54, 1.807) is 0 Å². The number of rotatable bonds is 8. The van der Waals surface area contributed by atoms with Crippen molar-refractivity contribution >= 4 is 0 Å². The standard InChI is InChI=1S/C39H56O6/c1-26(27-7-8-27)28-9-11-29(12-10-28)31-24-36(2)32(14-18-38(36,41)16-5-21-43-34-6-3-4-20-42-34)30-13-17-37(40)25-39(44-22-23-45-39)19-15-33(37)35(30)31/h9-12,26-27,30-32,34,40-41H,3-8,13-25H2,1-2H3/t26?,30?,31-,32?,34?,36+,37-,38+/m1/s1. The van der Waals surface area contributed by atoms with Crippen molar-refractivity contribution in [3.63, 3.8) is 0 Å². The van der Waals surface area contributed by atoms with Crippen LogP contribution in [0.5, 0.6) is 0 Å². The Kier molecular flexibility index (Phi) is 8.06. The Hall–Kier alpha value is -1.28. The number of benzene rings is 1. The fraction of sp³-hybridized carbons (Fsp3) is 0.795. The lowest BCUT2D eigenvalue weighted by molar-refractivity contribution is -0.208. The molecule has 1 aromatic carbocycles. The first-order chi connectivity index (χ1) is 21.7. The van der Waals surface area contributed by atoms with Crippen LogP contribution in [-0.2, 0) is 18.9 Å². The van der Waals surface area contributed by atoms with E-state index in [9.17, 15) is 10.2 Å². The van der Waals surface area contributed by atoms with Gasteiger partial charge >= 0.3 is 0 Å². The normalized spacial score (nSPS) is 41.5. The highest BCUT2D eigenvalue weighted by molar-refractivity contribution is 5.44. The highest BCUT2D eigenvalue weighted by Gasteiger charge is 2.64. The molecule has 0 radical (unpaired) electrons. The Morgan fingerprint density at radius 2 is 1.73 bits per heavy atom. The fourth-order valence-electron chi connectivity index (χ4n) is 11.1. The van der Waals surface area contributed by atoms with Crippen molar-refractivity contribution in [1.82, 2.24) is 0 Å². The minimum Gasteiger partial charge on any atom is -0.389 e. The monoisotopic (exact) mass is 620 g/mol. The number of hydrogen-bond acceptors (Lipinski definition) is 6. The van der Waals surface area contributed by atoms with Gasteiger partial charge in [0.2, 0.25) is 0 Å². The zero-order chi connectivity index (χ0) is 30.9. The van der Waals surface area contributed by atoms with Crippen LogP contribution in [0, 0.1) is 23.2 Å². The minimum absolute atomic E-state index is 0.0743. The largest absolute Gasteiger partial charge is 0.389 e. The molecule has 6 heteroatoms.